The average Bonchev–Trinajstić information content (AvgIpc) is 3.02. The Labute approximate surface area is 174 Å². The molecule has 0 fully saturated rings. The molecule has 7 nitrogen and oxygen atoms in total. The summed E-state index contributed by atoms with van der Waals surface area (Å²) in [5, 5.41) is 2.64. The van der Waals surface area contributed by atoms with Crippen LogP contribution in [-0.4, -0.2) is 53.1 Å². The molecule has 0 radical (unpaired) electrons. The summed E-state index contributed by atoms with van der Waals surface area (Å²) in [5.41, 5.74) is 2.91. The van der Waals surface area contributed by atoms with Crippen LogP contribution < -0.4 is 5.32 Å². The predicted octanol–water partition coefficient (Wildman–Crippen LogP) is 1.76. The first-order chi connectivity index (χ1) is 14.5. The monoisotopic (exact) mass is 405 g/mol. The Kier molecular flexibility index (Phi) is 5.35. The molecular formula is C23H23N3O4. The number of carbonyl (C=O) groups is 4. The van der Waals surface area contributed by atoms with Crippen molar-refractivity contribution in [2.45, 2.75) is 31.8 Å². The number of fused-ring (bicyclic) bond motifs is 2. The van der Waals surface area contributed by atoms with Gasteiger partial charge in [0.2, 0.25) is 11.8 Å². The van der Waals surface area contributed by atoms with Gasteiger partial charge in [0.15, 0.2) is 0 Å². The number of rotatable bonds is 5. The molecule has 0 bridgehead atoms. The minimum atomic E-state index is -0.559. The molecule has 2 aliphatic heterocycles. The lowest BCUT2D eigenvalue weighted by Gasteiger charge is -2.36. The van der Waals surface area contributed by atoms with Crippen molar-refractivity contribution in [2.75, 3.05) is 13.6 Å². The Bertz CT molecular complexity index is 998. The normalized spacial score (nSPS) is 17.6. The second kappa shape index (κ2) is 8.10. The zero-order valence-electron chi connectivity index (χ0n) is 16.8. The highest BCUT2D eigenvalue weighted by Crippen LogP contribution is 2.25. The Morgan fingerprint density at radius 2 is 1.57 bits per heavy atom. The quantitative estimate of drug-likeness (QED) is 0.768. The fourth-order valence-corrected chi connectivity index (χ4v) is 4.16. The largest absolute Gasteiger partial charge is 0.357 e. The molecule has 4 amide bonds. The molecule has 0 spiro atoms. The first kappa shape index (κ1) is 19.8. The van der Waals surface area contributed by atoms with E-state index in [1.807, 2.05) is 24.3 Å². The molecule has 0 unspecified atom stereocenters. The summed E-state index contributed by atoms with van der Waals surface area (Å²) in [5.74, 6) is -0.996. The van der Waals surface area contributed by atoms with Gasteiger partial charge in [0, 0.05) is 33.0 Å². The Morgan fingerprint density at radius 3 is 2.20 bits per heavy atom. The van der Waals surface area contributed by atoms with E-state index in [0.717, 1.165) is 11.1 Å². The number of amides is 4. The summed E-state index contributed by atoms with van der Waals surface area (Å²) < 4.78 is 0. The smallest absolute Gasteiger partial charge is 0.261 e. The molecule has 2 aliphatic rings. The third kappa shape index (κ3) is 3.47. The number of imide groups is 1. The lowest BCUT2D eigenvalue weighted by atomic mass is 9.93. The van der Waals surface area contributed by atoms with Gasteiger partial charge < -0.3 is 10.2 Å². The number of hydrogen-bond donors (Lipinski definition) is 1. The molecule has 1 N–H and O–H groups in total. The van der Waals surface area contributed by atoms with Crippen molar-refractivity contribution in [3.8, 4) is 0 Å². The lowest BCUT2D eigenvalue weighted by molar-refractivity contribution is -0.141. The molecular weight excluding hydrogens is 382 g/mol. The van der Waals surface area contributed by atoms with Gasteiger partial charge in [-0.2, -0.15) is 0 Å². The molecule has 0 saturated heterocycles. The van der Waals surface area contributed by atoms with Crippen LogP contribution >= 0.6 is 0 Å². The van der Waals surface area contributed by atoms with Crippen molar-refractivity contribution in [1.29, 1.82) is 0 Å². The molecule has 2 aromatic carbocycles. The van der Waals surface area contributed by atoms with Gasteiger partial charge in [-0.3, -0.25) is 24.1 Å². The molecule has 2 heterocycles. The summed E-state index contributed by atoms with van der Waals surface area (Å²) in [7, 11) is 1.56. The third-order valence-corrected chi connectivity index (χ3v) is 5.77. The van der Waals surface area contributed by atoms with E-state index in [4.69, 9.17) is 0 Å². The van der Waals surface area contributed by atoms with Crippen LogP contribution in [0.15, 0.2) is 48.5 Å². The molecule has 154 valence electrons. The minimum Gasteiger partial charge on any atom is -0.357 e. The number of carbonyl (C=O) groups excluding carboxylic acids is 4. The SMILES string of the molecule is CNC(=O)[C@@H]1Cc2ccccc2CN1C(=O)CCCN1C(=O)c2ccccc2C1=O. The van der Waals surface area contributed by atoms with Crippen molar-refractivity contribution in [1.82, 2.24) is 15.1 Å². The van der Waals surface area contributed by atoms with Crippen LogP contribution in [0.25, 0.3) is 0 Å². The van der Waals surface area contributed by atoms with Crippen LogP contribution in [0.2, 0.25) is 0 Å². The second-order valence-corrected chi connectivity index (χ2v) is 7.54. The van der Waals surface area contributed by atoms with Crippen LogP contribution in [-0.2, 0) is 22.6 Å². The maximum absolute atomic E-state index is 13.0. The minimum absolute atomic E-state index is 0.156. The van der Waals surface area contributed by atoms with E-state index in [1.165, 1.54) is 4.90 Å². The summed E-state index contributed by atoms with van der Waals surface area (Å²) in [4.78, 5) is 53.0. The first-order valence-corrected chi connectivity index (χ1v) is 10.0. The highest BCUT2D eigenvalue weighted by molar-refractivity contribution is 6.21. The maximum atomic E-state index is 13.0. The van der Waals surface area contributed by atoms with Crippen LogP contribution in [0.4, 0.5) is 0 Å². The average molecular weight is 405 g/mol. The van der Waals surface area contributed by atoms with Crippen molar-refractivity contribution < 1.29 is 19.2 Å². The van der Waals surface area contributed by atoms with Crippen molar-refractivity contribution in [3.63, 3.8) is 0 Å². The van der Waals surface area contributed by atoms with E-state index in [-0.39, 0.29) is 36.6 Å². The van der Waals surface area contributed by atoms with E-state index in [1.54, 1.807) is 36.2 Å². The highest BCUT2D eigenvalue weighted by atomic mass is 16.2. The number of nitrogens with zero attached hydrogens (tertiary/aromatic N) is 2. The van der Waals surface area contributed by atoms with E-state index in [0.29, 0.717) is 30.5 Å². The Hall–Kier alpha value is -3.48. The fourth-order valence-electron chi connectivity index (χ4n) is 4.16. The summed E-state index contributed by atoms with van der Waals surface area (Å²) in [6.45, 7) is 0.549. The molecule has 30 heavy (non-hydrogen) atoms. The molecule has 4 rings (SSSR count). The zero-order chi connectivity index (χ0) is 21.3. The van der Waals surface area contributed by atoms with E-state index in [2.05, 4.69) is 5.32 Å². The van der Waals surface area contributed by atoms with Crippen LogP contribution in [0.1, 0.15) is 44.7 Å². The highest BCUT2D eigenvalue weighted by Gasteiger charge is 2.36. The molecule has 0 aromatic heterocycles. The summed E-state index contributed by atoms with van der Waals surface area (Å²) in [6, 6.07) is 14.0. The topological polar surface area (TPSA) is 86.8 Å². The Morgan fingerprint density at radius 1 is 0.967 bits per heavy atom. The van der Waals surface area contributed by atoms with Crippen LogP contribution in [0.3, 0.4) is 0 Å². The third-order valence-electron chi connectivity index (χ3n) is 5.77. The standard InChI is InChI=1S/C23H23N3O4/c1-24-21(28)19-13-15-7-2-3-8-16(15)14-26(19)20(27)11-6-12-25-22(29)17-9-4-5-10-18(17)23(25)30/h2-5,7-10,19H,6,11-14H2,1H3,(H,24,28)/t19-/m0/s1. The molecule has 0 saturated carbocycles. The molecule has 2 aromatic rings. The van der Waals surface area contributed by atoms with Gasteiger partial charge in [0.05, 0.1) is 11.1 Å². The van der Waals surface area contributed by atoms with Crippen LogP contribution in [0, 0.1) is 0 Å². The zero-order valence-corrected chi connectivity index (χ0v) is 16.8. The van der Waals surface area contributed by atoms with E-state index >= 15 is 0 Å². The van der Waals surface area contributed by atoms with E-state index < -0.39 is 6.04 Å². The maximum Gasteiger partial charge on any atom is 0.261 e. The molecule has 1 atom stereocenters. The van der Waals surface area contributed by atoms with Gasteiger partial charge >= 0.3 is 0 Å². The van der Waals surface area contributed by atoms with Gasteiger partial charge in [-0.05, 0) is 29.7 Å². The lowest BCUT2D eigenvalue weighted by Crippen LogP contribution is -2.52. The number of nitrogens with one attached hydrogen (secondary N) is 1. The number of likely N-dealkylation sites (N-methyl/N-ethyl adjacent to an activating group) is 1. The summed E-state index contributed by atoms with van der Waals surface area (Å²) in [6.07, 6.45) is 0.978. The fraction of sp³-hybridized carbons (Fsp3) is 0.304. The van der Waals surface area contributed by atoms with Gasteiger partial charge in [0.25, 0.3) is 11.8 Å². The second-order valence-electron chi connectivity index (χ2n) is 7.54. The first-order valence-electron chi connectivity index (χ1n) is 10.0. The predicted molar refractivity (Wildman–Crippen MR) is 110 cm³/mol. The van der Waals surface area contributed by atoms with Crippen molar-refractivity contribution in [3.05, 3.63) is 70.8 Å². The van der Waals surface area contributed by atoms with Crippen LogP contribution in [0.5, 0.6) is 0 Å². The Balaban J connectivity index is 1.41. The molecule has 7 heteroatoms. The van der Waals surface area contributed by atoms with Gasteiger partial charge in [-0.25, -0.2) is 0 Å². The number of benzene rings is 2. The number of hydrogen-bond acceptors (Lipinski definition) is 4. The van der Waals surface area contributed by atoms with Gasteiger partial charge in [0.1, 0.15) is 6.04 Å². The molecule has 0 aliphatic carbocycles. The van der Waals surface area contributed by atoms with Crippen molar-refractivity contribution >= 4 is 23.6 Å². The summed E-state index contributed by atoms with van der Waals surface area (Å²) >= 11 is 0. The van der Waals surface area contributed by atoms with E-state index in [9.17, 15) is 19.2 Å². The van der Waals surface area contributed by atoms with Gasteiger partial charge in [-0.1, -0.05) is 36.4 Å². The van der Waals surface area contributed by atoms with Gasteiger partial charge in [-0.15, -0.1) is 0 Å². The van der Waals surface area contributed by atoms with Crippen molar-refractivity contribution in [2.24, 2.45) is 0 Å².